The van der Waals surface area contributed by atoms with E-state index in [0.29, 0.717) is 16.5 Å². The molecule has 2 heterocycles. The van der Waals surface area contributed by atoms with E-state index in [-0.39, 0.29) is 41.7 Å². The number of aliphatic hydroxyl groups excluding tert-OH is 1. The van der Waals surface area contributed by atoms with Crippen LogP contribution in [0.4, 0.5) is 22.4 Å². The van der Waals surface area contributed by atoms with Gasteiger partial charge in [0.05, 0.1) is 41.4 Å². The molecule has 0 spiro atoms. The number of alkyl halides is 4. The molecule has 1 atom stereocenters. The maximum atomic E-state index is 13.5. The molecule has 1 aliphatic rings. The number of nitrogens with one attached hydrogen (secondary N) is 1. The predicted octanol–water partition coefficient (Wildman–Crippen LogP) is 4.71. The van der Waals surface area contributed by atoms with Crippen molar-refractivity contribution in [1.82, 2.24) is 20.0 Å². The van der Waals surface area contributed by atoms with Gasteiger partial charge in [-0.15, -0.1) is 0 Å². The van der Waals surface area contributed by atoms with Crippen LogP contribution in [0.1, 0.15) is 16.7 Å². The summed E-state index contributed by atoms with van der Waals surface area (Å²) in [6.07, 6.45) is -2.58. The smallest absolute Gasteiger partial charge is 0.390 e. The summed E-state index contributed by atoms with van der Waals surface area (Å²) in [7, 11) is 0. The molecule has 2 amide bonds. The normalized spacial score (nSPS) is 16.4. The number of aliphatic hydroxyl groups is 1. The van der Waals surface area contributed by atoms with E-state index in [9.17, 15) is 32.3 Å². The van der Waals surface area contributed by atoms with Crippen LogP contribution >= 0.6 is 23.4 Å². The predicted molar refractivity (Wildman–Crippen MR) is 133 cm³/mol. The Morgan fingerprint density at radius 2 is 1.97 bits per heavy atom. The molecule has 0 aliphatic carbocycles. The average Bonchev–Trinajstić information content (AvgIpc) is 3.35. The maximum absolute atomic E-state index is 13.5. The monoisotopic (exact) mass is 556 g/mol. The molecule has 1 fully saturated rings. The van der Waals surface area contributed by atoms with E-state index in [1.54, 1.807) is 18.2 Å². The number of rotatable bonds is 9. The SMILES string of the molecule is O=C1SC(=Cc2ccc3c(cnn3Cc3ccc(Cl)cc3C(F)(F)F)c2)C(=O)N1C[C@H](O)CNCCF. The van der Waals surface area contributed by atoms with E-state index >= 15 is 0 Å². The van der Waals surface area contributed by atoms with Crippen LogP contribution in [0.25, 0.3) is 17.0 Å². The lowest BCUT2D eigenvalue weighted by molar-refractivity contribution is -0.138. The molecule has 0 saturated carbocycles. The third-order valence-electron chi connectivity index (χ3n) is 5.58. The summed E-state index contributed by atoms with van der Waals surface area (Å²) in [6, 6.07) is 8.63. The Balaban J connectivity index is 1.51. The van der Waals surface area contributed by atoms with Crippen molar-refractivity contribution >= 4 is 51.5 Å². The zero-order valence-corrected chi connectivity index (χ0v) is 20.7. The fourth-order valence-electron chi connectivity index (χ4n) is 3.85. The van der Waals surface area contributed by atoms with Crippen molar-refractivity contribution in [1.29, 1.82) is 0 Å². The topological polar surface area (TPSA) is 87.5 Å². The van der Waals surface area contributed by atoms with Crippen molar-refractivity contribution in [3.63, 3.8) is 0 Å². The van der Waals surface area contributed by atoms with Gasteiger partial charge in [-0.3, -0.25) is 19.2 Å². The Morgan fingerprint density at radius 1 is 1.19 bits per heavy atom. The zero-order chi connectivity index (χ0) is 26.7. The second-order valence-corrected chi connectivity index (χ2v) is 9.69. The number of hydrogen-bond donors (Lipinski definition) is 2. The number of fused-ring (bicyclic) bond motifs is 1. The number of nitrogens with zero attached hydrogens (tertiary/aromatic N) is 3. The minimum Gasteiger partial charge on any atom is -0.390 e. The van der Waals surface area contributed by atoms with Crippen LogP contribution in [0.15, 0.2) is 47.5 Å². The van der Waals surface area contributed by atoms with Crippen molar-refractivity contribution in [2.24, 2.45) is 0 Å². The van der Waals surface area contributed by atoms with Gasteiger partial charge in [0, 0.05) is 23.5 Å². The van der Waals surface area contributed by atoms with E-state index in [0.717, 1.165) is 22.7 Å². The molecule has 0 bridgehead atoms. The van der Waals surface area contributed by atoms with E-state index in [1.807, 2.05) is 0 Å². The number of imide groups is 1. The van der Waals surface area contributed by atoms with E-state index in [1.165, 1.54) is 29.1 Å². The molecule has 2 N–H and O–H groups in total. The van der Waals surface area contributed by atoms with E-state index in [2.05, 4.69) is 10.4 Å². The Kier molecular flexibility index (Phi) is 8.22. The average molecular weight is 557 g/mol. The van der Waals surface area contributed by atoms with Crippen LogP contribution in [0.3, 0.4) is 0 Å². The molecule has 7 nitrogen and oxygen atoms in total. The molecule has 196 valence electrons. The molecule has 13 heteroatoms. The number of aromatic nitrogens is 2. The molecule has 0 radical (unpaired) electrons. The van der Waals surface area contributed by atoms with Gasteiger partial charge in [0.15, 0.2) is 0 Å². The highest BCUT2D eigenvalue weighted by Gasteiger charge is 2.36. The number of thioether (sulfide) groups is 1. The van der Waals surface area contributed by atoms with Crippen molar-refractivity contribution < 1.29 is 32.3 Å². The summed E-state index contributed by atoms with van der Waals surface area (Å²) in [5.74, 6) is -0.558. The van der Waals surface area contributed by atoms with Crippen molar-refractivity contribution in [3.8, 4) is 0 Å². The summed E-state index contributed by atoms with van der Waals surface area (Å²) >= 11 is 6.49. The Morgan fingerprint density at radius 3 is 2.70 bits per heavy atom. The molecule has 1 aliphatic heterocycles. The first-order chi connectivity index (χ1) is 17.6. The lowest BCUT2D eigenvalue weighted by atomic mass is 10.1. The summed E-state index contributed by atoms with van der Waals surface area (Å²) in [5, 5.41) is 17.0. The maximum Gasteiger partial charge on any atom is 0.416 e. The second-order valence-electron chi connectivity index (χ2n) is 8.26. The number of carbonyl (C=O) groups is 2. The summed E-state index contributed by atoms with van der Waals surface area (Å²) < 4.78 is 54.0. The highest BCUT2D eigenvalue weighted by atomic mass is 35.5. The van der Waals surface area contributed by atoms with Crippen LogP contribution < -0.4 is 5.32 Å². The molecule has 3 aromatic rings. The van der Waals surface area contributed by atoms with Gasteiger partial charge >= 0.3 is 6.18 Å². The standard InChI is InChI=1S/C24H21ClF4N4O3S/c25-17-3-2-15(19(9-17)24(27,28)29)12-33-20-4-1-14(7-16(20)10-31-33)8-21-22(35)32(23(36)37-21)13-18(34)11-30-6-5-26/h1-4,7-10,18,30,34H,5-6,11-13H2/t18-/m1/s1. The van der Waals surface area contributed by atoms with Gasteiger partial charge in [-0.25, -0.2) is 4.39 Å². The first-order valence-corrected chi connectivity index (χ1v) is 12.3. The van der Waals surface area contributed by atoms with E-state index < -0.39 is 35.7 Å². The van der Waals surface area contributed by atoms with Crippen LogP contribution in [-0.4, -0.2) is 63.3 Å². The number of benzene rings is 2. The molecule has 37 heavy (non-hydrogen) atoms. The Bertz CT molecular complexity index is 1360. The third-order valence-corrected chi connectivity index (χ3v) is 6.72. The third kappa shape index (κ3) is 6.32. The molecule has 4 rings (SSSR count). The van der Waals surface area contributed by atoms with Gasteiger partial charge in [0.25, 0.3) is 11.1 Å². The largest absolute Gasteiger partial charge is 0.416 e. The summed E-state index contributed by atoms with van der Waals surface area (Å²) in [4.78, 5) is 26.1. The summed E-state index contributed by atoms with van der Waals surface area (Å²) in [5.41, 5.74) is 0.350. The number of β-amino-alcohol motifs (C(OH)–C–C–N with tert-alkyl or cyclic N) is 1. The molecule has 0 unspecified atom stereocenters. The number of amides is 2. The number of hydrogen-bond acceptors (Lipinski definition) is 6. The molecular weight excluding hydrogens is 536 g/mol. The quantitative estimate of drug-likeness (QED) is 0.225. The number of carbonyl (C=O) groups excluding carboxylic acids is 2. The van der Waals surface area contributed by atoms with Gasteiger partial charge in [-0.05, 0) is 53.2 Å². The van der Waals surface area contributed by atoms with E-state index in [4.69, 9.17) is 11.6 Å². The van der Waals surface area contributed by atoms with Crippen molar-refractivity contribution in [2.45, 2.75) is 18.8 Å². The first-order valence-electron chi connectivity index (χ1n) is 11.1. The molecule has 1 aromatic heterocycles. The van der Waals surface area contributed by atoms with Gasteiger partial charge in [0.1, 0.15) is 6.67 Å². The lowest BCUT2D eigenvalue weighted by Gasteiger charge is -2.17. The minimum atomic E-state index is -4.57. The van der Waals surface area contributed by atoms with Gasteiger partial charge in [-0.2, -0.15) is 18.3 Å². The van der Waals surface area contributed by atoms with Crippen LogP contribution in [0, 0.1) is 0 Å². The van der Waals surface area contributed by atoms with Gasteiger partial charge in [0.2, 0.25) is 0 Å². The molecule has 1 saturated heterocycles. The highest BCUT2D eigenvalue weighted by Crippen LogP contribution is 2.35. The fraction of sp³-hybridized carbons (Fsp3) is 0.292. The highest BCUT2D eigenvalue weighted by molar-refractivity contribution is 8.18. The molecular formula is C24H21ClF4N4O3S. The number of halogens is 5. The van der Waals surface area contributed by atoms with Crippen LogP contribution in [0.5, 0.6) is 0 Å². The Hall–Kier alpha value is -2.93. The minimum absolute atomic E-state index is 0.0153. The lowest BCUT2D eigenvalue weighted by Crippen LogP contribution is -2.40. The fourth-order valence-corrected chi connectivity index (χ4v) is 4.87. The van der Waals surface area contributed by atoms with Gasteiger partial charge < -0.3 is 10.4 Å². The van der Waals surface area contributed by atoms with Gasteiger partial charge in [-0.1, -0.05) is 23.7 Å². The second kappa shape index (κ2) is 11.2. The van der Waals surface area contributed by atoms with Crippen molar-refractivity contribution in [3.05, 3.63) is 69.2 Å². The summed E-state index contributed by atoms with van der Waals surface area (Å²) in [6.45, 7) is -0.864. The first kappa shape index (κ1) is 27.1. The molecule has 2 aromatic carbocycles. The zero-order valence-electron chi connectivity index (χ0n) is 19.1. The van der Waals surface area contributed by atoms with Crippen molar-refractivity contribution in [2.75, 3.05) is 26.3 Å². The Labute approximate surface area is 218 Å². The van der Waals surface area contributed by atoms with Crippen LogP contribution in [-0.2, 0) is 17.5 Å². The van der Waals surface area contributed by atoms with Crippen LogP contribution in [0.2, 0.25) is 5.02 Å².